The van der Waals surface area contributed by atoms with Gasteiger partial charge in [-0.2, -0.15) is 13.2 Å². The summed E-state index contributed by atoms with van der Waals surface area (Å²) >= 11 is 0. The van der Waals surface area contributed by atoms with Gasteiger partial charge in [0.1, 0.15) is 19.0 Å². The van der Waals surface area contributed by atoms with Crippen LogP contribution in [-0.4, -0.2) is 25.2 Å². The second-order valence-electron chi connectivity index (χ2n) is 7.81. The van der Waals surface area contributed by atoms with Crippen LogP contribution >= 0.6 is 0 Å². The average molecular weight is 473 g/mol. The Morgan fingerprint density at radius 3 is 2.68 bits per heavy atom. The van der Waals surface area contributed by atoms with E-state index in [1.54, 1.807) is 38.1 Å². The Bertz CT molecular complexity index is 1200. The van der Waals surface area contributed by atoms with Gasteiger partial charge < -0.3 is 19.5 Å². The lowest BCUT2D eigenvalue weighted by Gasteiger charge is -2.28. The summed E-state index contributed by atoms with van der Waals surface area (Å²) in [5, 5.41) is 3.06. The van der Waals surface area contributed by atoms with Gasteiger partial charge in [-0.15, -0.1) is 0 Å². The molecule has 2 aliphatic heterocycles. The molecule has 6 nitrogen and oxygen atoms in total. The molecule has 2 aromatic rings. The zero-order chi connectivity index (χ0) is 24.5. The summed E-state index contributed by atoms with van der Waals surface area (Å²) in [6, 6.07) is 11.6. The highest BCUT2D eigenvalue weighted by Crippen LogP contribution is 2.44. The molecular weight excluding hydrogens is 451 g/mol. The van der Waals surface area contributed by atoms with Crippen LogP contribution in [0.15, 0.2) is 71.1 Å². The molecule has 2 aromatic carbocycles. The Kier molecular flexibility index (Phi) is 6.37. The van der Waals surface area contributed by atoms with Crippen LogP contribution in [0.4, 0.5) is 13.2 Å². The molecule has 1 unspecified atom stereocenters. The number of cyclic esters (lactones) is 1. The van der Waals surface area contributed by atoms with Crippen molar-refractivity contribution >= 4 is 11.9 Å². The Morgan fingerprint density at radius 2 is 1.94 bits per heavy atom. The number of carbonyl (C=O) groups is 2. The molecule has 178 valence electrons. The summed E-state index contributed by atoms with van der Waals surface area (Å²) in [5.41, 5.74) is 1.66. The van der Waals surface area contributed by atoms with Gasteiger partial charge in [-0.05, 0) is 37.6 Å². The van der Waals surface area contributed by atoms with Gasteiger partial charge >= 0.3 is 18.1 Å². The number of ether oxygens (including phenoxy) is 3. The lowest BCUT2D eigenvalue weighted by atomic mass is 9.80. The molecule has 0 saturated heterocycles. The van der Waals surface area contributed by atoms with E-state index in [1.807, 2.05) is 0 Å². The molecule has 9 heteroatoms. The Labute approximate surface area is 194 Å². The van der Waals surface area contributed by atoms with Crippen molar-refractivity contribution in [3.63, 3.8) is 0 Å². The van der Waals surface area contributed by atoms with Crippen molar-refractivity contribution in [3.05, 3.63) is 87.8 Å². The van der Waals surface area contributed by atoms with E-state index in [0.717, 1.165) is 12.1 Å². The molecule has 0 fully saturated rings. The third-order valence-corrected chi connectivity index (χ3v) is 5.59. The quantitative estimate of drug-likeness (QED) is 0.618. The smallest absolute Gasteiger partial charge is 0.416 e. The predicted octanol–water partition coefficient (Wildman–Crippen LogP) is 4.62. The van der Waals surface area contributed by atoms with Crippen molar-refractivity contribution in [2.45, 2.75) is 32.5 Å². The lowest BCUT2D eigenvalue weighted by Crippen LogP contribution is -2.30. The zero-order valence-corrected chi connectivity index (χ0v) is 18.5. The van der Waals surface area contributed by atoms with Crippen LogP contribution < -0.4 is 10.1 Å². The van der Waals surface area contributed by atoms with Crippen LogP contribution in [0.3, 0.4) is 0 Å². The van der Waals surface area contributed by atoms with Gasteiger partial charge in [0, 0.05) is 11.3 Å². The van der Waals surface area contributed by atoms with Crippen molar-refractivity contribution in [1.29, 1.82) is 0 Å². The molecule has 0 aliphatic carbocycles. The number of benzene rings is 2. The van der Waals surface area contributed by atoms with Gasteiger partial charge in [-0.3, -0.25) is 0 Å². The first-order valence-corrected chi connectivity index (χ1v) is 10.6. The van der Waals surface area contributed by atoms with Crippen molar-refractivity contribution in [2.75, 3.05) is 13.2 Å². The Balaban J connectivity index is 1.72. The second-order valence-corrected chi connectivity index (χ2v) is 7.81. The molecule has 0 bridgehead atoms. The minimum atomic E-state index is -4.47. The molecule has 0 amide bonds. The fourth-order valence-corrected chi connectivity index (χ4v) is 4.11. The highest BCUT2D eigenvalue weighted by Gasteiger charge is 2.43. The minimum Gasteiger partial charge on any atom is -0.489 e. The van der Waals surface area contributed by atoms with Crippen molar-refractivity contribution in [2.24, 2.45) is 0 Å². The number of para-hydroxylation sites is 1. The van der Waals surface area contributed by atoms with Crippen LogP contribution in [-0.2, 0) is 31.8 Å². The van der Waals surface area contributed by atoms with Crippen LogP contribution in [0, 0.1) is 0 Å². The maximum Gasteiger partial charge on any atom is 0.416 e. The number of rotatable bonds is 6. The molecule has 2 heterocycles. The summed E-state index contributed by atoms with van der Waals surface area (Å²) in [5.74, 6) is -1.64. The normalized spacial score (nSPS) is 17.8. The fraction of sp³-hybridized carbons (Fsp3) is 0.280. The largest absolute Gasteiger partial charge is 0.489 e. The monoisotopic (exact) mass is 473 g/mol. The van der Waals surface area contributed by atoms with E-state index in [9.17, 15) is 22.8 Å². The Morgan fingerprint density at radius 1 is 1.18 bits per heavy atom. The molecule has 1 N–H and O–H groups in total. The maximum absolute atomic E-state index is 13.1. The van der Waals surface area contributed by atoms with Gasteiger partial charge in [0.25, 0.3) is 0 Å². The van der Waals surface area contributed by atoms with Crippen LogP contribution in [0.5, 0.6) is 5.75 Å². The van der Waals surface area contributed by atoms with Crippen molar-refractivity contribution < 1.29 is 37.0 Å². The number of hydrogen-bond acceptors (Lipinski definition) is 6. The van der Waals surface area contributed by atoms with Gasteiger partial charge in [-0.25, -0.2) is 9.59 Å². The molecule has 0 aromatic heterocycles. The van der Waals surface area contributed by atoms with E-state index >= 15 is 0 Å². The van der Waals surface area contributed by atoms with Gasteiger partial charge in [0.2, 0.25) is 0 Å². The van der Waals surface area contributed by atoms with E-state index in [1.165, 1.54) is 12.1 Å². The molecular formula is C25H22F3NO5. The Hall–Kier alpha value is -3.75. The molecule has 0 spiro atoms. The standard InChI is InChI=1S/C25H22F3NO5/c1-3-32-23(30)20-14(2)29-18-13-34-24(31)22(18)21(20)17-9-4-5-10-19(17)33-12-15-7-6-8-16(11-15)25(26,27)28/h4-11,21,29H,3,12-13H2,1-2H3. The van der Waals surface area contributed by atoms with Crippen LogP contribution in [0.25, 0.3) is 0 Å². The van der Waals surface area contributed by atoms with Gasteiger partial charge in [-0.1, -0.05) is 30.3 Å². The molecule has 2 aliphatic rings. The maximum atomic E-state index is 13.1. The zero-order valence-electron chi connectivity index (χ0n) is 18.5. The van der Waals surface area contributed by atoms with E-state index < -0.39 is 29.6 Å². The molecule has 4 rings (SSSR count). The first kappa shape index (κ1) is 23.4. The van der Waals surface area contributed by atoms with E-state index in [4.69, 9.17) is 14.2 Å². The number of dihydropyridines is 1. The van der Waals surface area contributed by atoms with Crippen molar-refractivity contribution in [1.82, 2.24) is 5.32 Å². The predicted molar refractivity (Wildman–Crippen MR) is 115 cm³/mol. The topological polar surface area (TPSA) is 73.9 Å². The fourth-order valence-electron chi connectivity index (χ4n) is 4.11. The van der Waals surface area contributed by atoms with E-state index in [2.05, 4.69) is 5.32 Å². The number of hydrogen-bond donors (Lipinski definition) is 1. The second kappa shape index (κ2) is 9.24. The molecule has 1 atom stereocenters. The first-order valence-electron chi connectivity index (χ1n) is 10.6. The van der Waals surface area contributed by atoms with Crippen LogP contribution in [0.2, 0.25) is 0 Å². The summed E-state index contributed by atoms with van der Waals surface area (Å²) in [6.07, 6.45) is -4.47. The molecule has 34 heavy (non-hydrogen) atoms. The number of alkyl halides is 3. The van der Waals surface area contributed by atoms with Crippen molar-refractivity contribution in [3.8, 4) is 5.75 Å². The van der Waals surface area contributed by atoms with E-state index in [0.29, 0.717) is 28.3 Å². The SMILES string of the molecule is CCOC(=O)C1=C(C)NC2=C(C(=O)OC2)C1c1ccccc1OCc1cccc(C(F)(F)F)c1. The molecule has 0 saturated carbocycles. The number of esters is 2. The summed E-state index contributed by atoms with van der Waals surface area (Å²) in [7, 11) is 0. The average Bonchev–Trinajstić information content (AvgIpc) is 3.16. The number of allylic oxidation sites excluding steroid dienone is 1. The molecule has 0 radical (unpaired) electrons. The van der Waals surface area contributed by atoms with E-state index in [-0.39, 0.29) is 31.0 Å². The number of carbonyl (C=O) groups excluding carboxylic acids is 2. The summed E-state index contributed by atoms with van der Waals surface area (Å²) in [6.45, 7) is 3.44. The minimum absolute atomic E-state index is 0.0470. The van der Waals surface area contributed by atoms with Crippen LogP contribution in [0.1, 0.15) is 36.5 Å². The number of nitrogens with one attached hydrogen (secondary N) is 1. The third kappa shape index (κ3) is 4.50. The lowest BCUT2D eigenvalue weighted by molar-refractivity contribution is -0.139. The number of halogens is 3. The first-order chi connectivity index (χ1) is 16.2. The summed E-state index contributed by atoms with van der Waals surface area (Å²) < 4.78 is 55.6. The highest BCUT2D eigenvalue weighted by molar-refractivity contribution is 6.01. The highest BCUT2D eigenvalue weighted by atomic mass is 19.4. The summed E-state index contributed by atoms with van der Waals surface area (Å²) in [4.78, 5) is 25.5. The third-order valence-electron chi connectivity index (χ3n) is 5.59. The van der Waals surface area contributed by atoms with Gasteiger partial charge in [0.15, 0.2) is 0 Å². The van der Waals surface area contributed by atoms with Gasteiger partial charge in [0.05, 0.1) is 34.9 Å².